The molecule has 2 N–H and O–H groups in total. The minimum absolute atomic E-state index is 0.0484. The van der Waals surface area contributed by atoms with Gasteiger partial charge in [0.05, 0.1) is 32.4 Å². The molecule has 164 valence electrons. The summed E-state index contributed by atoms with van der Waals surface area (Å²) in [4.78, 5) is 11.2. The molecule has 9 heteroatoms. The van der Waals surface area contributed by atoms with E-state index < -0.39 is 5.82 Å². The average molecular weight is 428 g/mol. The highest BCUT2D eigenvalue weighted by Crippen LogP contribution is 2.35. The maximum Gasteiger partial charge on any atom is 0.257 e. The van der Waals surface area contributed by atoms with Crippen molar-refractivity contribution in [3.8, 4) is 23.1 Å². The molecule has 0 bridgehead atoms. The molecule has 0 atom stereocenters. The van der Waals surface area contributed by atoms with Gasteiger partial charge in [-0.05, 0) is 18.6 Å². The SMILES string of the molecule is COc1cc2nccc(Oc3ccc(N)cc3F)c2nc1OCCCN1CCOCC1. The van der Waals surface area contributed by atoms with Gasteiger partial charge < -0.3 is 24.7 Å². The molecule has 0 aliphatic carbocycles. The van der Waals surface area contributed by atoms with Crippen LogP contribution in [0.4, 0.5) is 10.1 Å². The Morgan fingerprint density at radius 1 is 1.13 bits per heavy atom. The van der Waals surface area contributed by atoms with Gasteiger partial charge in [-0.15, -0.1) is 0 Å². The molecule has 2 aromatic heterocycles. The zero-order chi connectivity index (χ0) is 21.6. The minimum atomic E-state index is -0.557. The predicted octanol–water partition coefficient (Wildman–Crippen LogP) is 3.25. The highest BCUT2D eigenvalue weighted by molar-refractivity contribution is 5.83. The molecule has 1 fully saturated rings. The van der Waals surface area contributed by atoms with Gasteiger partial charge >= 0.3 is 0 Å². The summed E-state index contributed by atoms with van der Waals surface area (Å²) in [6, 6.07) is 7.61. The molecule has 0 unspecified atom stereocenters. The Hall–Kier alpha value is -3.17. The fourth-order valence-corrected chi connectivity index (χ4v) is 3.34. The molecule has 0 amide bonds. The number of ether oxygens (including phenoxy) is 4. The molecule has 31 heavy (non-hydrogen) atoms. The molecular weight excluding hydrogens is 403 g/mol. The van der Waals surface area contributed by atoms with Crippen LogP contribution in [-0.2, 0) is 4.74 Å². The van der Waals surface area contributed by atoms with Crippen LogP contribution in [0.3, 0.4) is 0 Å². The van der Waals surface area contributed by atoms with Crippen molar-refractivity contribution in [1.29, 1.82) is 0 Å². The van der Waals surface area contributed by atoms with Crippen LogP contribution in [0.1, 0.15) is 6.42 Å². The number of nitrogen functional groups attached to an aromatic ring is 1. The third kappa shape index (κ3) is 5.12. The van der Waals surface area contributed by atoms with Crippen LogP contribution in [0.15, 0.2) is 36.5 Å². The normalized spacial score (nSPS) is 14.5. The minimum Gasteiger partial charge on any atom is -0.491 e. The van der Waals surface area contributed by atoms with E-state index in [2.05, 4.69) is 14.9 Å². The standard InChI is InChI=1S/C22H25FN4O4/c1-28-20-14-17-21(26-22(20)30-10-2-7-27-8-11-29-12-9-27)19(5-6-25-17)31-18-4-3-15(24)13-16(18)23/h3-6,13-14H,2,7-12,24H2,1H3. The van der Waals surface area contributed by atoms with E-state index in [1.54, 1.807) is 31.5 Å². The number of nitrogens with zero attached hydrogens (tertiary/aromatic N) is 3. The summed E-state index contributed by atoms with van der Waals surface area (Å²) in [5.74, 6) is 0.662. The zero-order valence-electron chi connectivity index (χ0n) is 17.3. The van der Waals surface area contributed by atoms with Crippen molar-refractivity contribution in [3.05, 3.63) is 42.3 Å². The van der Waals surface area contributed by atoms with Crippen molar-refractivity contribution in [2.45, 2.75) is 6.42 Å². The van der Waals surface area contributed by atoms with E-state index >= 15 is 0 Å². The van der Waals surface area contributed by atoms with E-state index in [1.165, 1.54) is 12.1 Å². The van der Waals surface area contributed by atoms with Crippen LogP contribution in [0.5, 0.6) is 23.1 Å². The fraction of sp³-hybridized carbons (Fsp3) is 0.364. The first-order valence-corrected chi connectivity index (χ1v) is 10.1. The second-order valence-electron chi connectivity index (χ2n) is 7.12. The van der Waals surface area contributed by atoms with Crippen LogP contribution >= 0.6 is 0 Å². The summed E-state index contributed by atoms with van der Waals surface area (Å²) in [6.07, 6.45) is 2.41. The van der Waals surface area contributed by atoms with Crippen LogP contribution in [-0.4, -0.2) is 61.4 Å². The zero-order valence-corrected chi connectivity index (χ0v) is 17.3. The third-order valence-electron chi connectivity index (χ3n) is 4.96. The smallest absolute Gasteiger partial charge is 0.257 e. The van der Waals surface area contributed by atoms with Crippen molar-refractivity contribution >= 4 is 16.7 Å². The van der Waals surface area contributed by atoms with Crippen molar-refractivity contribution < 1.29 is 23.3 Å². The van der Waals surface area contributed by atoms with Gasteiger partial charge in [-0.3, -0.25) is 9.88 Å². The molecule has 8 nitrogen and oxygen atoms in total. The lowest BCUT2D eigenvalue weighted by atomic mass is 10.2. The summed E-state index contributed by atoms with van der Waals surface area (Å²) in [6.45, 7) is 4.81. The van der Waals surface area contributed by atoms with E-state index in [1.807, 2.05) is 0 Å². The maximum absolute atomic E-state index is 14.2. The molecule has 1 aliphatic rings. The van der Waals surface area contributed by atoms with Gasteiger partial charge in [-0.1, -0.05) is 0 Å². The number of pyridine rings is 2. The lowest BCUT2D eigenvalue weighted by molar-refractivity contribution is 0.0357. The van der Waals surface area contributed by atoms with Crippen molar-refractivity contribution in [2.75, 3.05) is 52.3 Å². The van der Waals surface area contributed by atoms with E-state index in [0.29, 0.717) is 40.7 Å². The van der Waals surface area contributed by atoms with Crippen molar-refractivity contribution in [3.63, 3.8) is 0 Å². The Morgan fingerprint density at radius 2 is 1.97 bits per heavy atom. The Balaban J connectivity index is 1.52. The molecule has 0 spiro atoms. The van der Waals surface area contributed by atoms with Crippen LogP contribution in [0, 0.1) is 5.82 Å². The Labute approximate surface area is 179 Å². The van der Waals surface area contributed by atoms with Gasteiger partial charge in [-0.2, -0.15) is 0 Å². The largest absolute Gasteiger partial charge is 0.491 e. The van der Waals surface area contributed by atoms with Crippen LogP contribution in [0.25, 0.3) is 11.0 Å². The number of anilines is 1. The number of nitrogens with two attached hydrogens (primary N) is 1. The molecule has 1 saturated heterocycles. The Bertz CT molecular complexity index is 1040. The van der Waals surface area contributed by atoms with E-state index in [-0.39, 0.29) is 5.75 Å². The third-order valence-corrected chi connectivity index (χ3v) is 4.96. The second-order valence-corrected chi connectivity index (χ2v) is 7.12. The first-order valence-electron chi connectivity index (χ1n) is 10.1. The number of fused-ring (bicyclic) bond motifs is 1. The highest BCUT2D eigenvalue weighted by Gasteiger charge is 2.16. The van der Waals surface area contributed by atoms with Gasteiger partial charge in [0.1, 0.15) is 5.52 Å². The first-order chi connectivity index (χ1) is 15.1. The molecule has 4 rings (SSSR count). The summed E-state index contributed by atoms with van der Waals surface area (Å²) < 4.78 is 36.7. The Kier molecular flexibility index (Phi) is 6.63. The molecule has 0 saturated carbocycles. The quantitative estimate of drug-likeness (QED) is 0.432. The fourth-order valence-electron chi connectivity index (χ4n) is 3.34. The van der Waals surface area contributed by atoms with Gasteiger partial charge in [-0.25, -0.2) is 9.37 Å². The van der Waals surface area contributed by atoms with E-state index in [4.69, 9.17) is 24.7 Å². The van der Waals surface area contributed by atoms with Crippen LogP contribution in [0.2, 0.25) is 0 Å². The number of halogens is 1. The van der Waals surface area contributed by atoms with Crippen LogP contribution < -0.4 is 19.9 Å². The lowest BCUT2D eigenvalue weighted by Gasteiger charge is -2.26. The van der Waals surface area contributed by atoms with Crippen molar-refractivity contribution in [2.24, 2.45) is 0 Å². The number of rotatable bonds is 8. The topological polar surface area (TPSA) is 92.0 Å². The second kappa shape index (κ2) is 9.76. The molecular formula is C22H25FN4O4. The summed E-state index contributed by atoms with van der Waals surface area (Å²) >= 11 is 0. The van der Waals surface area contributed by atoms with Gasteiger partial charge in [0.15, 0.2) is 23.1 Å². The molecule has 3 heterocycles. The van der Waals surface area contributed by atoms with Crippen molar-refractivity contribution in [1.82, 2.24) is 14.9 Å². The number of aromatic nitrogens is 2. The average Bonchev–Trinajstić information content (AvgIpc) is 2.79. The number of benzene rings is 1. The number of hydrogen-bond donors (Lipinski definition) is 1. The highest BCUT2D eigenvalue weighted by atomic mass is 19.1. The van der Waals surface area contributed by atoms with E-state index in [9.17, 15) is 4.39 Å². The number of methoxy groups -OCH3 is 1. The lowest BCUT2D eigenvalue weighted by Crippen LogP contribution is -2.37. The molecule has 1 aromatic carbocycles. The van der Waals surface area contributed by atoms with Gasteiger partial charge in [0, 0.05) is 49.7 Å². The summed E-state index contributed by atoms with van der Waals surface area (Å²) in [5.41, 5.74) is 6.92. The van der Waals surface area contributed by atoms with E-state index in [0.717, 1.165) is 39.3 Å². The van der Waals surface area contributed by atoms with Gasteiger partial charge in [0.2, 0.25) is 0 Å². The number of morpholine rings is 1. The van der Waals surface area contributed by atoms with Gasteiger partial charge in [0.25, 0.3) is 5.88 Å². The Morgan fingerprint density at radius 3 is 2.74 bits per heavy atom. The summed E-state index contributed by atoms with van der Waals surface area (Å²) in [7, 11) is 1.55. The number of hydrogen-bond acceptors (Lipinski definition) is 8. The maximum atomic E-state index is 14.2. The monoisotopic (exact) mass is 428 g/mol. The predicted molar refractivity (Wildman–Crippen MR) is 114 cm³/mol. The first kappa shape index (κ1) is 21.1. The molecule has 1 aliphatic heterocycles. The molecule has 0 radical (unpaired) electrons. The summed E-state index contributed by atoms with van der Waals surface area (Å²) in [5, 5.41) is 0. The molecule has 3 aromatic rings.